The molecule has 0 radical (unpaired) electrons. The number of aryl methyl sites for hydroxylation is 2. The number of hydrogen-bond acceptors (Lipinski definition) is 4. The molecule has 2 heterocycles. The van der Waals surface area contributed by atoms with Crippen LogP contribution in [0.2, 0.25) is 0 Å². The number of rotatable bonds is 4. The van der Waals surface area contributed by atoms with Gasteiger partial charge >= 0.3 is 0 Å². The van der Waals surface area contributed by atoms with Crippen LogP contribution in [-0.4, -0.2) is 26.6 Å². The minimum absolute atomic E-state index is 0.0102. The first-order valence-electron chi connectivity index (χ1n) is 8.71. The standard InChI is InChI=1S/C20H19N5O2/c1-12-8-9-15(13(2)10-12)21-17(26)11-16-19(27)23-20-22-18(24-25(16)20)14-6-4-3-5-7-14/h3-10,16H,11H2,1-2H3,(H,21,26)(H,22,23,24,27)/t16-/m0/s1. The number of amides is 2. The first-order chi connectivity index (χ1) is 13.0. The predicted molar refractivity (Wildman–Crippen MR) is 102 cm³/mol. The number of benzene rings is 2. The van der Waals surface area contributed by atoms with Crippen molar-refractivity contribution in [2.75, 3.05) is 10.6 Å². The number of aromatic nitrogens is 3. The largest absolute Gasteiger partial charge is 0.326 e. The second-order valence-electron chi connectivity index (χ2n) is 6.65. The Hall–Kier alpha value is -3.48. The molecule has 3 aromatic rings. The van der Waals surface area contributed by atoms with Crippen LogP contribution >= 0.6 is 0 Å². The van der Waals surface area contributed by atoms with Crippen LogP contribution in [0, 0.1) is 13.8 Å². The molecule has 0 spiro atoms. The molecule has 0 bridgehead atoms. The lowest BCUT2D eigenvalue weighted by Crippen LogP contribution is -2.24. The van der Waals surface area contributed by atoms with Crippen LogP contribution in [0.1, 0.15) is 23.6 Å². The molecule has 2 amide bonds. The third-order valence-electron chi connectivity index (χ3n) is 4.53. The van der Waals surface area contributed by atoms with Crippen molar-refractivity contribution in [3.63, 3.8) is 0 Å². The van der Waals surface area contributed by atoms with Gasteiger partial charge in [0.15, 0.2) is 5.82 Å². The number of nitrogens with one attached hydrogen (secondary N) is 2. The molecular formula is C20H19N5O2. The highest BCUT2D eigenvalue weighted by atomic mass is 16.2. The molecule has 27 heavy (non-hydrogen) atoms. The maximum atomic E-state index is 12.5. The summed E-state index contributed by atoms with van der Waals surface area (Å²) in [4.78, 5) is 29.1. The van der Waals surface area contributed by atoms with Crippen molar-refractivity contribution in [3.05, 3.63) is 59.7 Å². The predicted octanol–water partition coefficient (Wildman–Crippen LogP) is 3.08. The number of fused-ring (bicyclic) bond motifs is 1. The molecule has 2 N–H and O–H groups in total. The quantitative estimate of drug-likeness (QED) is 0.747. The van der Waals surface area contributed by atoms with E-state index in [4.69, 9.17) is 0 Å². The van der Waals surface area contributed by atoms with Crippen LogP contribution in [0.3, 0.4) is 0 Å². The number of carbonyl (C=O) groups excluding carboxylic acids is 2. The van der Waals surface area contributed by atoms with Crippen LogP contribution < -0.4 is 10.6 Å². The summed E-state index contributed by atoms with van der Waals surface area (Å²) in [5.41, 5.74) is 3.70. The third-order valence-corrected chi connectivity index (χ3v) is 4.53. The second kappa shape index (κ2) is 6.68. The second-order valence-corrected chi connectivity index (χ2v) is 6.65. The molecule has 0 aliphatic carbocycles. The summed E-state index contributed by atoms with van der Waals surface area (Å²) in [6.45, 7) is 3.94. The van der Waals surface area contributed by atoms with Crippen LogP contribution in [0.15, 0.2) is 48.5 Å². The summed E-state index contributed by atoms with van der Waals surface area (Å²) >= 11 is 0. The molecule has 1 atom stereocenters. The van der Waals surface area contributed by atoms with Crippen molar-refractivity contribution >= 4 is 23.5 Å². The highest BCUT2D eigenvalue weighted by Crippen LogP contribution is 2.28. The molecule has 0 unspecified atom stereocenters. The van der Waals surface area contributed by atoms with Gasteiger partial charge in [-0.25, -0.2) is 4.68 Å². The zero-order valence-corrected chi connectivity index (χ0v) is 15.1. The minimum atomic E-state index is -0.712. The average molecular weight is 361 g/mol. The van der Waals surface area contributed by atoms with Gasteiger partial charge in [-0.2, -0.15) is 4.98 Å². The summed E-state index contributed by atoms with van der Waals surface area (Å²) < 4.78 is 1.49. The van der Waals surface area contributed by atoms with Crippen LogP contribution in [0.4, 0.5) is 11.6 Å². The summed E-state index contributed by atoms with van der Waals surface area (Å²) in [7, 11) is 0. The fourth-order valence-corrected chi connectivity index (χ4v) is 3.15. The van der Waals surface area contributed by atoms with Gasteiger partial charge in [0, 0.05) is 11.3 Å². The zero-order chi connectivity index (χ0) is 19.0. The lowest BCUT2D eigenvalue weighted by atomic mass is 10.1. The van der Waals surface area contributed by atoms with Gasteiger partial charge in [0.2, 0.25) is 11.9 Å². The van der Waals surface area contributed by atoms with E-state index in [1.807, 2.05) is 62.4 Å². The number of hydrogen-bond donors (Lipinski definition) is 2. The van der Waals surface area contributed by atoms with E-state index in [1.165, 1.54) is 4.68 Å². The van der Waals surface area contributed by atoms with Crippen LogP contribution in [-0.2, 0) is 9.59 Å². The van der Waals surface area contributed by atoms with Gasteiger partial charge in [-0.1, -0.05) is 48.0 Å². The molecule has 136 valence electrons. The Labute approximate surface area is 156 Å². The maximum absolute atomic E-state index is 12.5. The molecule has 7 nitrogen and oxygen atoms in total. The summed E-state index contributed by atoms with van der Waals surface area (Å²) in [5, 5.41) is 9.99. The topological polar surface area (TPSA) is 88.9 Å². The highest BCUT2D eigenvalue weighted by Gasteiger charge is 2.35. The molecule has 0 saturated carbocycles. The van der Waals surface area contributed by atoms with Crippen molar-refractivity contribution in [3.8, 4) is 11.4 Å². The lowest BCUT2D eigenvalue weighted by Gasteiger charge is -2.12. The van der Waals surface area contributed by atoms with E-state index in [0.717, 1.165) is 22.4 Å². The first-order valence-corrected chi connectivity index (χ1v) is 8.71. The lowest BCUT2D eigenvalue weighted by molar-refractivity contribution is -0.123. The fourth-order valence-electron chi connectivity index (χ4n) is 3.15. The van der Waals surface area contributed by atoms with Gasteiger partial charge in [-0.05, 0) is 25.5 Å². The molecule has 4 rings (SSSR count). The van der Waals surface area contributed by atoms with Gasteiger partial charge in [-0.3, -0.25) is 14.9 Å². The van der Waals surface area contributed by atoms with Gasteiger partial charge in [0.1, 0.15) is 6.04 Å². The molecule has 1 aliphatic heterocycles. The average Bonchev–Trinajstić information content (AvgIpc) is 3.17. The van der Waals surface area contributed by atoms with E-state index in [1.54, 1.807) is 0 Å². The molecule has 2 aromatic carbocycles. The van der Waals surface area contributed by atoms with Crippen molar-refractivity contribution in [2.24, 2.45) is 0 Å². The molecule has 7 heteroatoms. The molecule has 0 saturated heterocycles. The summed E-state index contributed by atoms with van der Waals surface area (Å²) in [6.07, 6.45) is -0.0102. The van der Waals surface area contributed by atoms with Crippen LogP contribution in [0.25, 0.3) is 11.4 Å². The third kappa shape index (κ3) is 3.31. The van der Waals surface area contributed by atoms with E-state index in [0.29, 0.717) is 11.8 Å². The Morgan fingerprint density at radius 1 is 1.19 bits per heavy atom. The monoisotopic (exact) mass is 361 g/mol. The Balaban J connectivity index is 1.52. The summed E-state index contributed by atoms with van der Waals surface area (Å²) in [5.74, 6) is 0.362. The normalized spacial score (nSPS) is 15.3. The SMILES string of the molecule is Cc1ccc(NC(=O)C[C@H]2C(=O)Nc3nc(-c4ccccc4)nn32)c(C)c1. The summed E-state index contributed by atoms with van der Waals surface area (Å²) in [6, 6.07) is 14.6. The smallest absolute Gasteiger partial charge is 0.252 e. The zero-order valence-electron chi connectivity index (χ0n) is 15.1. The molecule has 0 fully saturated rings. The number of nitrogens with zero attached hydrogens (tertiary/aromatic N) is 3. The number of anilines is 2. The van der Waals surface area contributed by atoms with Gasteiger partial charge in [0.05, 0.1) is 6.42 Å². The number of carbonyl (C=O) groups is 2. The first kappa shape index (κ1) is 17.0. The van der Waals surface area contributed by atoms with E-state index in [9.17, 15) is 9.59 Å². The molecular weight excluding hydrogens is 342 g/mol. The van der Waals surface area contributed by atoms with E-state index < -0.39 is 6.04 Å². The van der Waals surface area contributed by atoms with E-state index in [2.05, 4.69) is 20.7 Å². The maximum Gasteiger partial charge on any atom is 0.252 e. The van der Waals surface area contributed by atoms with Crippen molar-refractivity contribution in [1.29, 1.82) is 0 Å². The van der Waals surface area contributed by atoms with Crippen molar-refractivity contribution < 1.29 is 9.59 Å². The Morgan fingerprint density at radius 3 is 2.70 bits per heavy atom. The molecule has 1 aliphatic rings. The van der Waals surface area contributed by atoms with Crippen molar-refractivity contribution in [1.82, 2.24) is 14.8 Å². The fraction of sp³-hybridized carbons (Fsp3) is 0.200. The van der Waals surface area contributed by atoms with Crippen molar-refractivity contribution in [2.45, 2.75) is 26.3 Å². The van der Waals surface area contributed by atoms with Crippen LogP contribution in [0.5, 0.6) is 0 Å². The Bertz CT molecular complexity index is 1030. The Kier molecular flexibility index (Phi) is 4.19. The van der Waals surface area contributed by atoms with E-state index in [-0.39, 0.29) is 18.2 Å². The Morgan fingerprint density at radius 2 is 1.96 bits per heavy atom. The van der Waals surface area contributed by atoms with E-state index >= 15 is 0 Å². The minimum Gasteiger partial charge on any atom is -0.326 e. The highest BCUT2D eigenvalue weighted by molar-refractivity contribution is 6.01. The van der Waals surface area contributed by atoms with Gasteiger partial charge < -0.3 is 5.32 Å². The van der Waals surface area contributed by atoms with Gasteiger partial charge in [-0.15, -0.1) is 5.10 Å². The van der Waals surface area contributed by atoms with Gasteiger partial charge in [0.25, 0.3) is 5.91 Å². The molecule has 1 aromatic heterocycles.